The number of alkyl halides is 3. The summed E-state index contributed by atoms with van der Waals surface area (Å²) in [5.41, 5.74) is 1.36. The zero-order valence-electron chi connectivity index (χ0n) is 13.1. The third-order valence-electron chi connectivity index (χ3n) is 3.65. The van der Waals surface area contributed by atoms with Gasteiger partial charge in [0, 0.05) is 29.5 Å². The first-order valence-corrected chi connectivity index (χ1v) is 7.72. The maximum absolute atomic E-state index is 12.7. The van der Waals surface area contributed by atoms with Gasteiger partial charge in [-0.05, 0) is 42.5 Å². The molecule has 0 aliphatic carbocycles. The molecule has 0 fully saturated rings. The monoisotopic (exact) mass is 363 g/mol. The van der Waals surface area contributed by atoms with Crippen molar-refractivity contribution in [3.63, 3.8) is 0 Å². The van der Waals surface area contributed by atoms with Crippen molar-refractivity contribution in [3.05, 3.63) is 71.4 Å². The van der Waals surface area contributed by atoms with Gasteiger partial charge in [0.15, 0.2) is 0 Å². The number of halogens is 4. The Labute approximate surface area is 147 Å². The topological polar surface area (TPSA) is 29.0 Å². The summed E-state index contributed by atoms with van der Waals surface area (Å²) in [7, 11) is 1.69. The average molecular weight is 364 g/mol. The van der Waals surface area contributed by atoms with Crippen LogP contribution < -0.4 is 4.90 Å². The Hall–Kier alpha value is -2.60. The molecular weight excluding hydrogens is 351 g/mol. The van der Waals surface area contributed by atoms with Crippen molar-refractivity contribution >= 4 is 23.2 Å². The van der Waals surface area contributed by atoms with E-state index >= 15 is 0 Å². The fourth-order valence-electron chi connectivity index (χ4n) is 2.31. The zero-order valence-corrected chi connectivity index (χ0v) is 13.9. The smallest absolute Gasteiger partial charge is 0.314 e. The lowest BCUT2D eigenvalue weighted by molar-refractivity contribution is -0.137. The number of anilines is 2. The van der Waals surface area contributed by atoms with Crippen LogP contribution in [0.4, 0.5) is 24.8 Å². The molecule has 0 atom stereocenters. The van der Waals surface area contributed by atoms with Gasteiger partial charge in [0.2, 0.25) is 5.95 Å². The number of hydrogen-bond acceptors (Lipinski definition) is 3. The molecule has 0 saturated carbocycles. The third-order valence-corrected chi connectivity index (χ3v) is 3.88. The lowest BCUT2D eigenvalue weighted by atomic mass is 10.1. The van der Waals surface area contributed by atoms with Gasteiger partial charge in [-0.15, -0.1) is 0 Å². The molecule has 0 spiro atoms. The molecule has 0 amide bonds. The number of benzene rings is 2. The van der Waals surface area contributed by atoms with E-state index in [2.05, 4.69) is 9.97 Å². The van der Waals surface area contributed by atoms with Crippen LogP contribution >= 0.6 is 11.6 Å². The van der Waals surface area contributed by atoms with E-state index in [1.807, 2.05) is 12.1 Å². The van der Waals surface area contributed by atoms with Crippen LogP contribution in [0.3, 0.4) is 0 Å². The molecule has 0 saturated heterocycles. The Balaban J connectivity index is 1.90. The number of hydrogen-bond donors (Lipinski definition) is 0. The summed E-state index contributed by atoms with van der Waals surface area (Å²) >= 11 is 6.00. The second kappa shape index (κ2) is 6.72. The average Bonchev–Trinajstić information content (AvgIpc) is 2.60. The van der Waals surface area contributed by atoms with Gasteiger partial charge in [-0.25, -0.2) is 9.97 Å². The molecule has 1 heterocycles. The second-order valence-corrected chi connectivity index (χ2v) is 5.79. The minimum Gasteiger partial charge on any atom is -0.314 e. The quantitative estimate of drug-likeness (QED) is 0.608. The van der Waals surface area contributed by atoms with Crippen LogP contribution in [-0.4, -0.2) is 17.0 Å². The van der Waals surface area contributed by atoms with E-state index in [0.717, 1.165) is 17.7 Å². The van der Waals surface area contributed by atoms with Crippen molar-refractivity contribution in [2.45, 2.75) is 6.18 Å². The van der Waals surface area contributed by atoms with Crippen LogP contribution in [0.1, 0.15) is 5.56 Å². The van der Waals surface area contributed by atoms with Gasteiger partial charge >= 0.3 is 6.18 Å². The highest BCUT2D eigenvalue weighted by Gasteiger charge is 2.30. The summed E-state index contributed by atoms with van der Waals surface area (Å²) in [6.45, 7) is 0. The van der Waals surface area contributed by atoms with Crippen molar-refractivity contribution in [2.24, 2.45) is 0 Å². The molecular formula is C18H13ClF3N3. The first-order valence-electron chi connectivity index (χ1n) is 7.34. The first kappa shape index (κ1) is 17.2. The molecule has 0 radical (unpaired) electrons. The fraction of sp³-hybridized carbons (Fsp3) is 0.111. The molecule has 3 nitrogen and oxygen atoms in total. The van der Waals surface area contributed by atoms with Gasteiger partial charge in [0.05, 0.1) is 11.3 Å². The minimum absolute atomic E-state index is 0.372. The number of nitrogens with zero attached hydrogens (tertiary/aromatic N) is 3. The summed E-state index contributed by atoms with van der Waals surface area (Å²) in [6, 6.07) is 13.8. The van der Waals surface area contributed by atoms with Crippen LogP contribution in [0.15, 0.2) is 60.8 Å². The van der Waals surface area contributed by atoms with Gasteiger partial charge < -0.3 is 4.90 Å². The number of aromatic nitrogens is 2. The first-order chi connectivity index (χ1) is 11.8. The Morgan fingerprint density at radius 3 is 2.36 bits per heavy atom. The van der Waals surface area contributed by atoms with E-state index in [9.17, 15) is 13.2 Å². The van der Waals surface area contributed by atoms with E-state index in [1.54, 1.807) is 36.3 Å². The van der Waals surface area contributed by atoms with E-state index in [-0.39, 0.29) is 0 Å². The Morgan fingerprint density at radius 2 is 1.72 bits per heavy atom. The van der Waals surface area contributed by atoms with Crippen LogP contribution in [0.25, 0.3) is 11.3 Å². The van der Waals surface area contributed by atoms with Gasteiger partial charge in [-0.3, -0.25) is 0 Å². The maximum Gasteiger partial charge on any atom is 0.416 e. The molecule has 1 aromatic heterocycles. The SMILES string of the molecule is CN(c1ccc(C(F)(F)F)cc1)c1nccc(-c2cccc(Cl)c2)n1. The predicted octanol–water partition coefficient (Wildman–Crippen LogP) is 5.58. The van der Waals surface area contributed by atoms with Crippen molar-refractivity contribution < 1.29 is 13.2 Å². The molecule has 0 bridgehead atoms. The Kier molecular flexibility index (Phi) is 4.63. The highest BCUT2D eigenvalue weighted by molar-refractivity contribution is 6.30. The normalized spacial score (nSPS) is 11.4. The van der Waals surface area contributed by atoms with Crippen LogP contribution in [0, 0.1) is 0 Å². The predicted molar refractivity (Wildman–Crippen MR) is 92.0 cm³/mol. The van der Waals surface area contributed by atoms with Crippen molar-refractivity contribution in [2.75, 3.05) is 11.9 Å². The largest absolute Gasteiger partial charge is 0.416 e. The molecule has 0 unspecified atom stereocenters. The molecule has 0 N–H and O–H groups in total. The lowest BCUT2D eigenvalue weighted by Crippen LogP contribution is -2.14. The number of rotatable bonds is 3. The summed E-state index contributed by atoms with van der Waals surface area (Å²) in [4.78, 5) is 10.3. The summed E-state index contributed by atoms with van der Waals surface area (Å²) in [5.74, 6) is 0.372. The molecule has 25 heavy (non-hydrogen) atoms. The molecule has 7 heteroatoms. The zero-order chi connectivity index (χ0) is 18.0. The Bertz CT molecular complexity index is 879. The molecule has 3 rings (SSSR count). The van der Waals surface area contributed by atoms with Crippen molar-refractivity contribution in [3.8, 4) is 11.3 Å². The fourth-order valence-corrected chi connectivity index (χ4v) is 2.50. The summed E-state index contributed by atoms with van der Waals surface area (Å²) in [6.07, 6.45) is -2.76. The van der Waals surface area contributed by atoms with Crippen molar-refractivity contribution in [1.82, 2.24) is 9.97 Å². The molecule has 0 aliphatic heterocycles. The summed E-state index contributed by atoms with van der Waals surface area (Å²) < 4.78 is 38.0. The molecule has 128 valence electrons. The lowest BCUT2D eigenvalue weighted by Gasteiger charge is -2.18. The molecule has 0 aliphatic rings. The molecule has 3 aromatic rings. The van der Waals surface area contributed by atoms with E-state index in [4.69, 9.17) is 11.6 Å². The van der Waals surface area contributed by atoms with E-state index < -0.39 is 11.7 Å². The highest BCUT2D eigenvalue weighted by atomic mass is 35.5. The van der Waals surface area contributed by atoms with Crippen LogP contribution in [-0.2, 0) is 6.18 Å². The van der Waals surface area contributed by atoms with Gasteiger partial charge in [0.1, 0.15) is 0 Å². The van der Waals surface area contributed by atoms with Crippen LogP contribution in [0.5, 0.6) is 0 Å². The second-order valence-electron chi connectivity index (χ2n) is 5.36. The summed E-state index contributed by atoms with van der Waals surface area (Å²) in [5, 5.41) is 0.591. The van der Waals surface area contributed by atoms with Gasteiger partial charge in [0.25, 0.3) is 0 Å². The van der Waals surface area contributed by atoms with Gasteiger partial charge in [-0.2, -0.15) is 13.2 Å². The third kappa shape index (κ3) is 3.91. The van der Waals surface area contributed by atoms with E-state index in [0.29, 0.717) is 22.4 Å². The minimum atomic E-state index is -4.36. The maximum atomic E-state index is 12.7. The highest BCUT2D eigenvalue weighted by Crippen LogP contribution is 2.31. The van der Waals surface area contributed by atoms with Crippen molar-refractivity contribution in [1.29, 1.82) is 0 Å². The standard InChI is InChI=1S/C18H13ClF3N3/c1-25(15-7-5-13(6-8-15)18(20,21)22)17-23-10-9-16(24-17)12-3-2-4-14(19)11-12/h2-11H,1H3. The molecule has 2 aromatic carbocycles. The van der Waals surface area contributed by atoms with Crippen LogP contribution in [0.2, 0.25) is 5.02 Å². The van der Waals surface area contributed by atoms with Gasteiger partial charge in [-0.1, -0.05) is 23.7 Å². The van der Waals surface area contributed by atoms with E-state index in [1.165, 1.54) is 12.1 Å². The Morgan fingerprint density at radius 1 is 1.00 bits per heavy atom.